The van der Waals surface area contributed by atoms with Crippen LogP contribution in [0.4, 0.5) is 15.3 Å². The van der Waals surface area contributed by atoms with Crippen molar-refractivity contribution in [3.05, 3.63) is 24.3 Å². The molecule has 1 aromatic rings. The molecule has 2 saturated heterocycles. The zero-order valence-electron chi connectivity index (χ0n) is 16.5. The van der Waals surface area contributed by atoms with Crippen LogP contribution in [0.2, 0.25) is 0 Å². The number of ether oxygens (including phenoxy) is 1. The first kappa shape index (κ1) is 21.4. The summed E-state index contributed by atoms with van der Waals surface area (Å²) in [4.78, 5) is 51.0. The molecule has 0 bridgehead atoms. The first-order valence-electron chi connectivity index (χ1n) is 9.73. The fraction of sp³-hybridized carbons (Fsp3) is 0.474. The van der Waals surface area contributed by atoms with Crippen LogP contribution in [-0.4, -0.2) is 91.3 Å². The van der Waals surface area contributed by atoms with Gasteiger partial charge in [0.2, 0.25) is 5.91 Å². The maximum Gasteiger partial charge on any atom is 0.407 e. The van der Waals surface area contributed by atoms with Gasteiger partial charge < -0.3 is 20.1 Å². The van der Waals surface area contributed by atoms with Crippen LogP contribution >= 0.6 is 0 Å². The molecule has 2 heterocycles. The van der Waals surface area contributed by atoms with E-state index in [0.29, 0.717) is 50.7 Å². The molecule has 5 amide bonds. The highest BCUT2D eigenvalue weighted by Crippen LogP contribution is 2.22. The van der Waals surface area contributed by atoms with Crippen LogP contribution in [0.25, 0.3) is 0 Å². The number of imide groups is 1. The number of benzene rings is 1. The van der Waals surface area contributed by atoms with Crippen molar-refractivity contribution in [3.63, 3.8) is 0 Å². The number of piperazine rings is 1. The van der Waals surface area contributed by atoms with Crippen LogP contribution in [0.15, 0.2) is 24.3 Å². The van der Waals surface area contributed by atoms with Crippen molar-refractivity contribution in [2.45, 2.75) is 6.42 Å². The average molecular weight is 419 g/mol. The standard InChI is InChI=1S/C19H25N5O6/c25-16-4-6-24(18(27)21-16)14-2-1-3-15(12-14)30-13-17(26)20-5-7-22-8-10-23(11-9-22)19(28)29/h1-3,12H,4-11,13H2,(H,20,26)(H,28,29)(H,21,25,27). The Morgan fingerprint density at radius 3 is 2.60 bits per heavy atom. The van der Waals surface area contributed by atoms with E-state index in [1.165, 1.54) is 9.80 Å². The molecule has 3 rings (SSSR count). The van der Waals surface area contributed by atoms with E-state index in [1.807, 2.05) is 0 Å². The average Bonchev–Trinajstić information content (AvgIpc) is 2.73. The van der Waals surface area contributed by atoms with Crippen LogP contribution in [0.3, 0.4) is 0 Å². The summed E-state index contributed by atoms with van der Waals surface area (Å²) < 4.78 is 5.52. The first-order chi connectivity index (χ1) is 14.4. The minimum absolute atomic E-state index is 0.166. The summed E-state index contributed by atoms with van der Waals surface area (Å²) in [5, 5.41) is 14.0. The number of hydrogen-bond donors (Lipinski definition) is 3. The predicted octanol–water partition coefficient (Wildman–Crippen LogP) is -0.0765. The summed E-state index contributed by atoms with van der Waals surface area (Å²) in [7, 11) is 0. The molecule has 0 aliphatic carbocycles. The monoisotopic (exact) mass is 419 g/mol. The Morgan fingerprint density at radius 2 is 1.90 bits per heavy atom. The number of anilines is 1. The smallest absolute Gasteiger partial charge is 0.407 e. The van der Waals surface area contributed by atoms with E-state index in [2.05, 4.69) is 15.5 Å². The summed E-state index contributed by atoms with van der Waals surface area (Å²) in [5.41, 5.74) is 0.582. The number of urea groups is 1. The molecule has 2 aliphatic rings. The third-order valence-corrected chi connectivity index (χ3v) is 4.95. The second-order valence-corrected chi connectivity index (χ2v) is 7.00. The van der Waals surface area contributed by atoms with Crippen molar-refractivity contribution >= 4 is 29.6 Å². The van der Waals surface area contributed by atoms with E-state index < -0.39 is 12.1 Å². The molecule has 0 radical (unpaired) electrons. The van der Waals surface area contributed by atoms with Gasteiger partial charge in [-0.2, -0.15) is 0 Å². The lowest BCUT2D eigenvalue weighted by Gasteiger charge is -2.32. The molecule has 1 aromatic carbocycles. The van der Waals surface area contributed by atoms with Crippen molar-refractivity contribution < 1.29 is 29.0 Å². The zero-order valence-corrected chi connectivity index (χ0v) is 16.5. The number of amides is 5. The Balaban J connectivity index is 1.38. The predicted molar refractivity (Wildman–Crippen MR) is 106 cm³/mol. The van der Waals surface area contributed by atoms with E-state index >= 15 is 0 Å². The number of rotatable bonds is 7. The van der Waals surface area contributed by atoms with Crippen molar-refractivity contribution in [3.8, 4) is 5.75 Å². The molecule has 2 fully saturated rings. The normalized spacial score (nSPS) is 17.5. The third-order valence-electron chi connectivity index (χ3n) is 4.95. The van der Waals surface area contributed by atoms with Gasteiger partial charge in [-0.05, 0) is 12.1 Å². The Kier molecular flexibility index (Phi) is 7.07. The van der Waals surface area contributed by atoms with Crippen LogP contribution in [0.1, 0.15) is 6.42 Å². The van der Waals surface area contributed by atoms with E-state index in [-0.39, 0.29) is 31.4 Å². The minimum Gasteiger partial charge on any atom is -0.484 e. The van der Waals surface area contributed by atoms with Gasteiger partial charge in [-0.15, -0.1) is 0 Å². The van der Waals surface area contributed by atoms with Crippen LogP contribution < -0.4 is 20.3 Å². The highest BCUT2D eigenvalue weighted by atomic mass is 16.5. The molecule has 0 saturated carbocycles. The van der Waals surface area contributed by atoms with Gasteiger partial charge in [0, 0.05) is 64.0 Å². The Morgan fingerprint density at radius 1 is 1.13 bits per heavy atom. The quantitative estimate of drug-likeness (QED) is 0.563. The van der Waals surface area contributed by atoms with Crippen molar-refractivity contribution in [1.29, 1.82) is 0 Å². The van der Waals surface area contributed by atoms with Crippen LogP contribution in [-0.2, 0) is 9.59 Å². The molecule has 11 nitrogen and oxygen atoms in total. The topological polar surface area (TPSA) is 132 Å². The number of carbonyl (C=O) groups is 4. The molecule has 0 atom stereocenters. The summed E-state index contributed by atoms with van der Waals surface area (Å²) in [6.45, 7) is 3.41. The molecule has 3 N–H and O–H groups in total. The molecule has 2 aliphatic heterocycles. The maximum absolute atomic E-state index is 12.0. The van der Waals surface area contributed by atoms with Gasteiger partial charge in [-0.25, -0.2) is 9.59 Å². The van der Waals surface area contributed by atoms with Gasteiger partial charge in [-0.1, -0.05) is 6.07 Å². The van der Waals surface area contributed by atoms with Gasteiger partial charge in [0.05, 0.1) is 0 Å². The van der Waals surface area contributed by atoms with E-state index in [0.717, 1.165) is 0 Å². The van der Waals surface area contributed by atoms with Crippen molar-refractivity contribution in [2.24, 2.45) is 0 Å². The SMILES string of the molecule is O=C(COc1cccc(N2CCC(=O)NC2=O)c1)NCCN1CCN(C(=O)O)CC1. The molecule has 0 unspecified atom stereocenters. The van der Waals surface area contributed by atoms with Crippen LogP contribution in [0, 0.1) is 0 Å². The fourth-order valence-electron chi connectivity index (χ4n) is 3.27. The summed E-state index contributed by atoms with van der Waals surface area (Å²) in [6.07, 6.45) is -0.677. The second kappa shape index (κ2) is 9.92. The summed E-state index contributed by atoms with van der Waals surface area (Å²) in [6, 6.07) is 6.29. The van der Waals surface area contributed by atoms with Gasteiger partial charge in [-0.3, -0.25) is 24.7 Å². The lowest BCUT2D eigenvalue weighted by molar-refractivity contribution is -0.123. The van der Waals surface area contributed by atoms with Gasteiger partial charge in [0.1, 0.15) is 5.75 Å². The molecule has 0 aromatic heterocycles. The van der Waals surface area contributed by atoms with Crippen molar-refractivity contribution in [2.75, 3.05) is 57.3 Å². The van der Waals surface area contributed by atoms with Gasteiger partial charge in [0.25, 0.3) is 5.91 Å². The maximum atomic E-state index is 12.0. The summed E-state index contributed by atoms with van der Waals surface area (Å²) in [5.74, 6) is -0.132. The van der Waals surface area contributed by atoms with E-state index in [1.54, 1.807) is 24.3 Å². The molecule has 162 valence electrons. The van der Waals surface area contributed by atoms with Crippen molar-refractivity contribution in [1.82, 2.24) is 20.4 Å². The van der Waals surface area contributed by atoms with Gasteiger partial charge >= 0.3 is 12.1 Å². The third kappa shape index (κ3) is 5.83. The zero-order chi connectivity index (χ0) is 21.5. The molecular weight excluding hydrogens is 394 g/mol. The van der Waals surface area contributed by atoms with Gasteiger partial charge in [0.15, 0.2) is 6.61 Å². The first-order valence-corrected chi connectivity index (χ1v) is 9.73. The minimum atomic E-state index is -0.904. The highest BCUT2D eigenvalue weighted by Gasteiger charge is 2.24. The number of carbonyl (C=O) groups excluding carboxylic acids is 3. The molecule has 11 heteroatoms. The molecule has 30 heavy (non-hydrogen) atoms. The lowest BCUT2D eigenvalue weighted by Crippen LogP contribution is -2.50. The second-order valence-electron chi connectivity index (χ2n) is 7.00. The Bertz CT molecular complexity index is 808. The lowest BCUT2D eigenvalue weighted by atomic mass is 10.2. The number of nitrogens with zero attached hydrogens (tertiary/aromatic N) is 3. The van der Waals surface area contributed by atoms with E-state index in [4.69, 9.17) is 9.84 Å². The van der Waals surface area contributed by atoms with Crippen LogP contribution in [0.5, 0.6) is 5.75 Å². The Labute approximate surface area is 173 Å². The largest absolute Gasteiger partial charge is 0.484 e. The fourth-order valence-corrected chi connectivity index (χ4v) is 3.27. The van der Waals surface area contributed by atoms with E-state index in [9.17, 15) is 19.2 Å². The summed E-state index contributed by atoms with van der Waals surface area (Å²) >= 11 is 0. The number of hydrogen-bond acceptors (Lipinski definition) is 6. The highest BCUT2D eigenvalue weighted by molar-refractivity contribution is 6.05. The number of carboxylic acid groups (broad SMARTS) is 1. The molecular formula is C19H25N5O6. The Hall–Kier alpha value is -3.34. The number of nitrogens with one attached hydrogen (secondary N) is 2. The molecule has 0 spiro atoms.